The summed E-state index contributed by atoms with van der Waals surface area (Å²) in [6.07, 6.45) is 3.79. The average molecular weight is 367 g/mol. The Bertz CT molecular complexity index is 923. The molecule has 0 radical (unpaired) electrons. The van der Waals surface area contributed by atoms with Crippen LogP contribution in [-0.2, 0) is 19.5 Å². The van der Waals surface area contributed by atoms with Crippen molar-refractivity contribution in [2.24, 2.45) is 0 Å². The lowest BCUT2D eigenvalue weighted by atomic mass is 10.0. The largest absolute Gasteiger partial charge is 0.491 e. The van der Waals surface area contributed by atoms with E-state index in [1.54, 1.807) is 12.4 Å². The van der Waals surface area contributed by atoms with Gasteiger partial charge in [0.2, 0.25) is 0 Å². The lowest BCUT2D eigenvalue weighted by Crippen LogP contribution is -2.27. The lowest BCUT2D eigenvalue weighted by Gasteiger charge is -2.25. The monoisotopic (exact) mass is 367 g/mol. The molecule has 0 saturated carbocycles. The summed E-state index contributed by atoms with van der Waals surface area (Å²) in [5.74, 6) is 0.763. The summed E-state index contributed by atoms with van der Waals surface area (Å²) in [5.41, 5.74) is 4.57. The molecule has 1 atom stereocenters. The fourth-order valence-electron chi connectivity index (χ4n) is 3.89. The van der Waals surface area contributed by atoms with Crippen molar-refractivity contribution in [3.63, 3.8) is 0 Å². The molecular weight excluding hydrogens is 342 g/mol. The third-order valence-electron chi connectivity index (χ3n) is 5.22. The number of aliphatic hydroxyl groups is 2. The number of rotatable bonds is 6. The van der Waals surface area contributed by atoms with Crippen LogP contribution in [0.15, 0.2) is 42.7 Å². The quantitative estimate of drug-likeness (QED) is 0.698. The van der Waals surface area contributed by atoms with Crippen molar-refractivity contribution >= 4 is 10.9 Å². The van der Waals surface area contributed by atoms with Crippen LogP contribution in [-0.4, -0.2) is 51.5 Å². The van der Waals surface area contributed by atoms with E-state index in [1.807, 2.05) is 18.2 Å². The molecule has 142 valence electrons. The first-order valence-corrected chi connectivity index (χ1v) is 9.31. The predicted molar refractivity (Wildman–Crippen MR) is 104 cm³/mol. The van der Waals surface area contributed by atoms with Crippen LogP contribution in [0.3, 0.4) is 0 Å². The maximum Gasteiger partial charge on any atom is 0.120 e. The van der Waals surface area contributed by atoms with E-state index in [2.05, 4.69) is 33.6 Å². The SMILES string of the molecule is CN1CCc2c(c3cc(OCCO)ccc3n2CC(O)c2ccncc2)C1. The summed E-state index contributed by atoms with van der Waals surface area (Å²) in [4.78, 5) is 6.34. The maximum atomic E-state index is 10.8. The highest BCUT2D eigenvalue weighted by molar-refractivity contribution is 5.87. The molecule has 6 nitrogen and oxygen atoms in total. The van der Waals surface area contributed by atoms with Gasteiger partial charge in [0, 0.05) is 48.5 Å². The number of hydrogen-bond acceptors (Lipinski definition) is 5. The van der Waals surface area contributed by atoms with E-state index in [9.17, 15) is 5.11 Å². The van der Waals surface area contributed by atoms with Gasteiger partial charge in [0.25, 0.3) is 0 Å². The van der Waals surface area contributed by atoms with Gasteiger partial charge in [-0.2, -0.15) is 0 Å². The van der Waals surface area contributed by atoms with Crippen LogP contribution in [0.1, 0.15) is 22.9 Å². The summed E-state index contributed by atoms with van der Waals surface area (Å²) >= 11 is 0. The van der Waals surface area contributed by atoms with E-state index < -0.39 is 6.10 Å². The second kappa shape index (κ2) is 7.68. The van der Waals surface area contributed by atoms with Gasteiger partial charge in [-0.25, -0.2) is 0 Å². The minimum Gasteiger partial charge on any atom is -0.491 e. The minimum atomic E-state index is -0.585. The van der Waals surface area contributed by atoms with Crippen molar-refractivity contribution in [2.45, 2.75) is 25.6 Å². The van der Waals surface area contributed by atoms with Gasteiger partial charge in [0.1, 0.15) is 12.4 Å². The first-order chi connectivity index (χ1) is 13.2. The molecular formula is C21H25N3O3. The van der Waals surface area contributed by atoms with Gasteiger partial charge in [-0.15, -0.1) is 0 Å². The molecule has 0 amide bonds. The number of pyridine rings is 1. The Morgan fingerprint density at radius 3 is 2.81 bits per heavy atom. The fraction of sp³-hybridized carbons (Fsp3) is 0.381. The summed E-state index contributed by atoms with van der Waals surface area (Å²) in [7, 11) is 2.13. The molecule has 1 aliphatic rings. The summed E-state index contributed by atoms with van der Waals surface area (Å²) < 4.78 is 7.86. The van der Waals surface area contributed by atoms with Gasteiger partial charge in [-0.3, -0.25) is 4.98 Å². The zero-order chi connectivity index (χ0) is 18.8. The number of benzene rings is 1. The minimum absolute atomic E-state index is 0.00197. The molecule has 6 heteroatoms. The normalized spacial score (nSPS) is 15.7. The van der Waals surface area contributed by atoms with Gasteiger partial charge in [0.15, 0.2) is 0 Å². The molecule has 1 unspecified atom stereocenters. The summed E-state index contributed by atoms with van der Waals surface area (Å²) in [6, 6.07) is 9.76. The van der Waals surface area contributed by atoms with Gasteiger partial charge in [-0.05, 0) is 48.5 Å². The molecule has 0 spiro atoms. The highest BCUT2D eigenvalue weighted by atomic mass is 16.5. The van der Waals surface area contributed by atoms with Crippen LogP contribution in [0.5, 0.6) is 5.75 Å². The van der Waals surface area contributed by atoms with Crippen molar-refractivity contribution in [3.05, 3.63) is 59.5 Å². The molecule has 1 aromatic carbocycles. The molecule has 27 heavy (non-hydrogen) atoms. The van der Waals surface area contributed by atoms with Gasteiger partial charge >= 0.3 is 0 Å². The first-order valence-electron chi connectivity index (χ1n) is 9.31. The van der Waals surface area contributed by atoms with Crippen LogP contribution in [0.4, 0.5) is 0 Å². The number of ether oxygens (including phenoxy) is 1. The summed E-state index contributed by atoms with van der Waals surface area (Å²) in [6.45, 7) is 2.68. The van der Waals surface area contributed by atoms with Crippen LogP contribution in [0.25, 0.3) is 10.9 Å². The van der Waals surface area contributed by atoms with E-state index in [1.165, 1.54) is 11.3 Å². The Kier molecular flexibility index (Phi) is 5.11. The Labute approximate surface area is 158 Å². The van der Waals surface area contributed by atoms with Gasteiger partial charge in [-0.1, -0.05) is 0 Å². The molecule has 4 rings (SSSR count). The molecule has 3 aromatic rings. The van der Waals surface area contributed by atoms with Crippen LogP contribution < -0.4 is 4.74 Å². The molecule has 2 aromatic heterocycles. The number of fused-ring (bicyclic) bond motifs is 3. The van der Waals surface area contributed by atoms with Crippen molar-refractivity contribution in [3.8, 4) is 5.75 Å². The lowest BCUT2D eigenvalue weighted by molar-refractivity contribution is 0.156. The summed E-state index contributed by atoms with van der Waals surface area (Å²) in [5, 5.41) is 20.9. The predicted octanol–water partition coefficient (Wildman–Crippen LogP) is 2.13. The zero-order valence-electron chi connectivity index (χ0n) is 15.5. The third-order valence-corrected chi connectivity index (χ3v) is 5.22. The highest BCUT2D eigenvalue weighted by Crippen LogP contribution is 2.34. The topological polar surface area (TPSA) is 70.8 Å². The number of aliphatic hydroxyl groups excluding tert-OH is 2. The number of nitrogens with zero attached hydrogens (tertiary/aromatic N) is 3. The zero-order valence-corrected chi connectivity index (χ0v) is 15.5. The standard InChI is InChI=1S/C21H25N3O3/c1-23-9-6-20-18(13-23)17-12-16(27-11-10-25)2-3-19(17)24(20)14-21(26)15-4-7-22-8-5-15/h2-5,7-8,12,21,25-26H,6,9-11,13-14H2,1H3. The Morgan fingerprint density at radius 1 is 1.22 bits per heavy atom. The number of aromatic nitrogens is 2. The first kappa shape index (κ1) is 18.0. The molecule has 2 N–H and O–H groups in total. The van der Waals surface area contributed by atoms with Crippen LogP contribution in [0, 0.1) is 0 Å². The Morgan fingerprint density at radius 2 is 2.04 bits per heavy atom. The molecule has 3 heterocycles. The molecule has 1 aliphatic heterocycles. The smallest absolute Gasteiger partial charge is 0.120 e. The second-order valence-electron chi connectivity index (χ2n) is 7.07. The Balaban J connectivity index is 1.75. The van der Waals surface area contributed by atoms with Gasteiger partial charge < -0.3 is 24.4 Å². The van der Waals surface area contributed by atoms with Crippen molar-refractivity contribution < 1.29 is 14.9 Å². The number of hydrogen-bond donors (Lipinski definition) is 2. The van der Waals surface area contributed by atoms with E-state index >= 15 is 0 Å². The van der Waals surface area contributed by atoms with Crippen molar-refractivity contribution in [1.29, 1.82) is 0 Å². The van der Waals surface area contributed by atoms with E-state index in [0.29, 0.717) is 6.54 Å². The fourth-order valence-corrected chi connectivity index (χ4v) is 3.89. The molecule has 0 aliphatic carbocycles. The van der Waals surface area contributed by atoms with Crippen LogP contribution in [0.2, 0.25) is 0 Å². The highest BCUT2D eigenvalue weighted by Gasteiger charge is 2.24. The maximum absolute atomic E-state index is 10.8. The third kappa shape index (κ3) is 3.56. The van der Waals surface area contributed by atoms with E-state index in [-0.39, 0.29) is 13.2 Å². The number of likely N-dealkylation sites (N-methyl/N-ethyl adjacent to an activating group) is 1. The van der Waals surface area contributed by atoms with Crippen molar-refractivity contribution in [1.82, 2.24) is 14.5 Å². The van der Waals surface area contributed by atoms with E-state index in [0.717, 1.165) is 41.7 Å². The van der Waals surface area contributed by atoms with Crippen molar-refractivity contribution in [2.75, 3.05) is 26.8 Å². The van der Waals surface area contributed by atoms with E-state index in [4.69, 9.17) is 9.84 Å². The second-order valence-corrected chi connectivity index (χ2v) is 7.07. The van der Waals surface area contributed by atoms with Crippen LogP contribution >= 0.6 is 0 Å². The average Bonchev–Trinajstić information content (AvgIpc) is 2.99. The molecule has 0 fully saturated rings. The Hall–Kier alpha value is -2.41. The van der Waals surface area contributed by atoms with Gasteiger partial charge in [0.05, 0.1) is 19.3 Å². The molecule has 0 bridgehead atoms. The molecule has 0 saturated heterocycles.